The molecule has 4 rings (SSSR count). The number of allylic oxidation sites excluding steroid dienone is 11. The van der Waals surface area contributed by atoms with Gasteiger partial charge in [0.2, 0.25) is 0 Å². The highest BCUT2D eigenvalue weighted by Gasteiger charge is 2.49. The molecule has 354 valence electrons. The molecule has 0 saturated heterocycles. The van der Waals surface area contributed by atoms with Gasteiger partial charge >= 0.3 is 23.1 Å². The van der Waals surface area contributed by atoms with Gasteiger partial charge in [0, 0.05) is 11.8 Å². The molecular weight excluding hydrogens is 869 g/mol. The minimum absolute atomic E-state index is 0.0247. The second kappa shape index (κ2) is 31.9. The number of hydrogen-bond acceptors (Lipinski definition) is 5. The standard InChI is InChI=1S/C58H76OSi.2O2S/c1-46(2)26-23-28-48(4)42-54(52-32-15-11-16-33-52)44-50(6)30-25-31-51(7)45-55(53-34-17-12-18-35-53)43-49(5)29-24-27-47(3)40-41-59-60(58(8,9)10,56-36-19-13-20-37-56)57-38-21-14-22-39-57;2*1-3-2/h11-22,26,29-30,32-40,42,45,54-55H,23-25,27-28,31,41,43-44H2,1-10H3;;/b47-40-,48-42-,49-29-,50-30-,51-45-;;. The van der Waals surface area contributed by atoms with Gasteiger partial charge in [-0.2, -0.15) is 16.8 Å². The normalized spacial score (nSPS) is 13.6. The van der Waals surface area contributed by atoms with Crippen LogP contribution < -0.4 is 10.4 Å². The summed E-state index contributed by atoms with van der Waals surface area (Å²) < 4.78 is 40.3. The monoisotopic (exact) mass is 944 g/mol. The van der Waals surface area contributed by atoms with Crippen LogP contribution in [0.5, 0.6) is 0 Å². The van der Waals surface area contributed by atoms with Crippen molar-refractivity contribution >= 4 is 41.8 Å². The van der Waals surface area contributed by atoms with Crippen LogP contribution in [-0.4, -0.2) is 31.8 Å². The van der Waals surface area contributed by atoms with Crippen LogP contribution in [0.1, 0.15) is 144 Å². The molecule has 0 radical (unpaired) electrons. The number of rotatable bonds is 22. The Morgan fingerprint density at radius 1 is 0.485 bits per heavy atom. The molecule has 0 fully saturated rings. The van der Waals surface area contributed by atoms with Gasteiger partial charge < -0.3 is 4.43 Å². The van der Waals surface area contributed by atoms with Crippen LogP contribution >= 0.6 is 0 Å². The molecule has 0 saturated carbocycles. The molecule has 4 aromatic carbocycles. The highest BCUT2D eigenvalue weighted by molar-refractivity contribution is 7.52. The lowest BCUT2D eigenvalue weighted by Gasteiger charge is -2.42. The van der Waals surface area contributed by atoms with Crippen molar-refractivity contribution in [3.63, 3.8) is 0 Å². The summed E-state index contributed by atoms with van der Waals surface area (Å²) in [6, 6.07) is 44.0. The van der Waals surface area contributed by atoms with Gasteiger partial charge in [-0.3, -0.25) is 0 Å². The lowest BCUT2D eigenvalue weighted by atomic mass is 9.88. The zero-order valence-electron chi connectivity index (χ0n) is 41.4. The Kier molecular flexibility index (Phi) is 27.7. The fraction of sp³-hybridized carbons (Fsp3) is 0.379. The van der Waals surface area contributed by atoms with Crippen molar-refractivity contribution in [2.24, 2.45) is 0 Å². The van der Waals surface area contributed by atoms with Crippen molar-refractivity contribution in [2.75, 3.05) is 6.61 Å². The molecule has 0 aliphatic heterocycles. The summed E-state index contributed by atoms with van der Waals surface area (Å²) in [4.78, 5) is 0. The molecule has 0 bridgehead atoms. The van der Waals surface area contributed by atoms with Gasteiger partial charge in [0.25, 0.3) is 8.32 Å². The molecular formula is C58H76O5S2Si. The molecule has 0 aliphatic carbocycles. The lowest BCUT2D eigenvalue weighted by Crippen LogP contribution is -2.66. The summed E-state index contributed by atoms with van der Waals surface area (Å²) in [6.45, 7) is 23.6. The van der Waals surface area contributed by atoms with Crippen LogP contribution in [0.15, 0.2) is 191 Å². The maximum Gasteiger partial charge on any atom is 0.335 e. The Hall–Kier alpha value is -4.86. The minimum atomic E-state index is -2.54. The van der Waals surface area contributed by atoms with Crippen LogP contribution in [0.25, 0.3) is 0 Å². The molecule has 0 aromatic heterocycles. The Balaban J connectivity index is 0.00000236. The van der Waals surface area contributed by atoms with E-state index in [-0.39, 0.29) is 5.04 Å². The number of hydrogen-bond donors (Lipinski definition) is 0. The average molecular weight is 945 g/mol. The van der Waals surface area contributed by atoms with Crippen molar-refractivity contribution in [1.82, 2.24) is 0 Å². The molecule has 2 atom stereocenters. The van der Waals surface area contributed by atoms with Crippen molar-refractivity contribution in [1.29, 1.82) is 0 Å². The van der Waals surface area contributed by atoms with E-state index in [9.17, 15) is 0 Å². The summed E-state index contributed by atoms with van der Waals surface area (Å²) in [7, 11) is -2.54. The van der Waals surface area contributed by atoms with E-state index >= 15 is 0 Å². The van der Waals surface area contributed by atoms with Gasteiger partial charge in [-0.1, -0.05) is 212 Å². The number of benzene rings is 4. The minimum Gasteiger partial charge on any atom is -0.404 e. The molecule has 0 heterocycles. The molecule has 5 nitrogen and oxygen atoms in total. The first-order chi connectivity index (χ1) is 31.6. The van der Waals surface area contributed by atoms with Crippen molar-refractivity contribution < 1.29 is 21.3 Å². The van der Waals surface area contributed by atoms with E-state index in [2.05, 4.69) is 227 Å². The summed E-state index contributed by atoms with van der Waals surface area (Å²) in [6.07, 6.45) is 23.2. The molecule has 0 amide bonds. The second-order valence-electron chi connectivity index (χ2n) is 18.6. The van der Waals surface area contributed by atoms with Crippen LogP contribution in [0, 0.1) is 0 Å². The third-order valence-corrected chi connectivity index (χ3v) is 16.8. The second-order valence-corrected chi connectivity index (χ2v) is 23.2. The summed E-state index contributed by atoms with van der Waals surface area (Å²) in [5, 5.41) is 2.63. The zero-order chi connectivity index (χ0) is 48.8. The third kappa shape index (κ3) is 21.2. The summed E-state index contributed by atoms with van der Waals surface area (Å²) >= 11 is -1.50. The van der Waals surface area contributed by atoms with E-state index in [0.29, 0.717) is 18.4 Å². The van der Waals surface area contributed by atoms with Crippen molar-refractivity contribution in [2.45, 2.75) is 137 Å². The van der Waals surface area contributed by atoms with Crippen LogP contribution in [0.4, 0.5) is 0 Å². The van der Waals surface area contributed by atoms with E-state index in [0.717, 1.165) is 51.4 Å². The topological polar surface area (TPSA) is 77.5 Å². The lowest BCUT2D eigenvalue weighted by molar-refractivity contribution is 0.338. The maximum atomic E-state index is 8.29. The molecule has 0 aliphatic rings. The Bertz CT molecular complexity index is 2200. The molecule has 2 unspecified atom stereocenters. The zero-order valence-corrected chi connectivity index (χ0v) is 44.0. The Morgan fingerprint density at radius 3 is 1.17 bits per heavy atom. The first kappa shape index (κ1) is 57.3. The first-order valence-electron chi connectivity index (χ1n) is 23.2. The van der Waals surface area contributed by atoms with E-state index in [4.69, 9.17) is 21.3 Å². The fourth-order valence-corrected chi connectivity index (χ4v) is 13.0. The molecule has 8 heteroatoms. The molecule has 4 aromatic rings. The van der Waals surface area contributed by atoms with Gasteiger partial charge in [-0.25, -0.2) is 0 Å². The smallest absolute Gasteiger partial charge is 0.335 e. The van der Waals surface area contributed by atoms with E-state index in [1.54, 1.807) is 0 Å². The van der Waals surface area contributed by atoms with Gasteiger partial charge in [0.05, 0.1) is 6.61 Å². The maximum absolute atomic E-state index is 8.29. The Labute approximate surface area is 407 Å². The third-order valence-electron chi connectivity index (χ3n) is 11.8. The first-order valence-corrected chi connectivity index (χ1v) is 26.5. The Morgan fingerprint density at radius 2 is 0.818 bits per heavy atom. The largest absolute Gasteiger partial charge is 0.404 e. The van der Waals surface area contributed by atoms with E-state index in [1.165, 1.54) is 54.9 Å². The van der Waals surface area contributed by atoms with Gasteiger partial charge in [-0.15, -0.1) is 0 Å². The SMILES string of the molecule is CC(C)=CCC/C(C)=C\C(C/C(C)=C\CC/C(C)=C\C(C/C(C)=C\CC/C(C)=C\CO[Si](c1ccccc1)(c1ccccc1)C(C)(C)C)c1ccccc1)c1ccccc1.O=S=O.O=S=O. The fourth-order valence-electron chi connectivity index (χ4n) is 8.51. The van der Waals surface area contributed by atoms with Crippen LogP contribution in [-0.2, 0) is 27.6 Å². The molecule has 66 heavy (non-hydrogen) atoms. The summed E-state index contributed by atoms with van der Waals surface area (Å²) in [5.41, 5.74) is 11.5. The highest BCUT2D eigenvalue weighted by atomic mass is 32.1. The van der Waals surface area contributed by atoms with Gasteiger partial charge in [0.15, 0.2) is 0 Å². The summed E-state index contributed by atoms with van der Waals surface area (Å²) in [5.74, 6) is 0.774. The highest BCUT2D eigenvalue weighted by Crippen LogP contribution is 2.37. The molecule has 0 N–H and O–H groups in total. The van der Waals surface area contributed by atoms with Crippen molar-refractivity contribution in [3.05, 3.63) is 202 Å². The van der Waals surface area contributed by atoms with E-state index < -0.39 is 31.5 Å². The van der Waals surface area contributed by atoms with Crippen molar-refractivity contribution in [3.8, 4) is 0 Å². The molecule has 0 spiro atoms. The average Bonchev–Trinajstić information content (AvgIpc) is 3.28. The van der Waals surface area contributed by atoms with Crippen LogP contribution in [0.2, 0.25) is 5.04 Å². The van der Waals surface area contributed by atoms with Gasteiger partial charge in [0.1, 0.15) is 0 Å². The van der Waals surface area contributed by atoms with E-state index in [1.807, 2.05) is 0 Å². The van der Waals surface area contributed by atoms with Crippen LogP contribution in [0.3, 0.4) is 0 Å². The predicted molar refractivity (Wildman–Crippen MR) is 285 cm³/mol. The predicted octanol–water partition coefficient (Wildman–Crippen LogP) is 14.6. The van der Waals surface area contributed by atoms with Gasteiger partial charge in [-0.05, 0) is 126 Å². The quantitative estimate of drug-likeness (QED) is 0.0579.